The van der Waals surface area contributed by atoms with Gasteiger partial charge in [0.25, 0.3) is 0 Å². The minimum Gasteiger partial charge on any atom is -0.789 e. The third kappa shape index (κ3) is 10.3. The van der Waals surface area contributed by atoms with Crippen molar-refractivity contribution >= 4 is 36.2 Å². The van der Waals surface area contributed by atoms with Crippen molar-refractivity contribution in [3.8, 4) is 0 Å². The topological polar surface area (TPSA) is 321 Å². The zero-order valence-electron chi connectivity index (χ0n) is 12.5. The van der Waals surface area contributed by atoms with Crippen LogP contribution < -0.4 is 19.2 Å². The third-order valence-electron chi connectivity index (χ3n) is 1.54. The second kappa shape index (κ2) is 13.4. The molecule has 0 aromatic heterocycles. The summed E-state index contributed by atoms with van der Waals surface area (Å²) in [6.07, 6.45) is 0. The number of hydrogen-bond donors (Lipinski definition) is 4. The minimum atomic E-state index is -3.89. The molecule has 0 aromatic carbocycles. The molecule has 29 heavy (non-hydrogen) atoms. The fraction of sp³-hybridized carbons (Fsp3) is 0. The van der Waals surface area contributed by atoms with Gasteiger partial charge in [-0.3, -0.25) is 21.0 Å². The Kier molecular flexibility index (Phi) is 13.7. The van der Waals surface area contributed by atoms with Crippen LogP contribution in [-0.2, 0) is 101 Å². The first-order valence-corrected chi connectivity index (χ1v) is 11.9. The number of hydrogen-bond acceptors (Lipinski definition) is 24. The average molecular weight is 592 g/mol. The average Bonchev–Trinajstić information content (AvgIpc) is 2.61. The van der Waals surface area contributed by atoms with Crippen molar-refractivity contribution in [3.05, 3.63) is 0 Å². The van der Waals surface area contributed by atoms with Gasteiger partial charge < -0.3 is 19.2 Å². The largest absolute Gasteiger partial charge is 4.00 e. The molecule has 0 amide bonds. The van der Waals surface area contributed by atoms with Gasteiger partial charge in [-0.25, -0.2) is 54.9 Å². The Morgan fingerprint density at radius 1 is 0.414 bits per heavy atom. The molecule has 168 valence electrons. The summed E-state index contributed by atoms with van der Waals surface area (Å²) < 4.78 is 42.0. The van der Waals surface area contributed by atoms with Crippen LogP contribution in [0.25, 0.3) is 0 Å². The molecule has 24 nitrogen and oxygen atoms in total. The van der Waals surface area contributed by atoms with Crippen molar-refractivity contribution in [1.82, 2.24) is 0 Å². The molecule has 4 saturated heterocycles. The van der Waals surface area contributed by atoms with Gasteiger partial charge in [-0.1, -0.05) is 20.2 Å². The second-order valence-corrected chi connectivity index (χ2v) is 9.37. The van der Waals surface area contributed by atoms with Crippen molar-refractivity contribution in [3.63, 3.8) is 0 Å². The maximum atomic E-state index is 10.0. The molecule has 4 heterocycles. The predicted octanol–water partition coefficient (Wildman–Crippen LogP) is -7.34. The third-order valence-corrected chi connectivity index (χ3v) is 4.61. The van der Waals surface area contributed by atoms with Crippen molar-refractivity contribution in [1.29, 1.82) is 0 Å². The summed E-state index contributed by atoms with van der Waals surface area (Å²) in [5.74, 6) is 0. The zero-order chi connectivity index (χ0) is 21.3. The van der Waals surface area contributed by atoms with E-state index in [0.29, 0.717) is 0 Å². The molecule has 0 saturated carbocycles. The summed E-state index contributed by atoms with van der Waals surface area (Å²) >= 11 is 0. The Labute approximate surface area is 177 Å². The van der Waals surface area contributed by atoms with Gasteiger partial charge in [0, 0.05) is 0 Å². The fourth-order valence-corrected chi connectivity index (χ4v) is 1.44. The molecular formula is H4O24Si4Zr. The molecule has 0 bridgehead atoms. The smallest absolute Gasteiger partial charge is 0.789 e. The van der Waals surface area contributed by atoms with Crippen LogP contribution in [0.1, 0.15) is 0 Å². The molecule has 0 atom stereocenters. The SMILES string of the molecule is [O-][Si]1(OO)OOO1.[O-][Si]1(OO)OOO1.[O-][Si]1(OO)OOO1.[O-][Si]1(OO)OOO1.[Zr+4]. The van der Waals surface area contributed by atoms with Crippen LogP contribution in [0.5, 0.6) is 0 Å². The summed E-state index contributed by atoms with van der Waals surface area (Å²) in [7, 11) is -15.5. The maximum absolute atomic E-state index is 10.0. The summed E-state index contributed by atoms with van der Waals surface area (Å²) in [5, 5.41) is 44.2. The Morgan fingerprint density at radius 2 is 0.552 bits per heavy atom. The van der Waals surface area contributed by atoms with E-state index in [9.17, 15) is 19.2 Å². The molecule has 0 spiro atoms. The normalized spacial score (nSPS) is 25.7. The monoisotopic (exact) mass is 590 g/mol. The van der Waals surface area contributed by atoms with E-state index < -0.39 is 36.2 Å². The Balaban J connectivity index is 0.000000356. The van der Waals surface area contributed by atoms with E-state index in [2.05, 4.69) is 75.1 Å². The first-order chi connectivity index (χ1) is 13.1. The molecule has 4 N–H and O–H groups in total. The zero-order valence-corrected chi connectivity index (χ0v) is 18.9. The van der Waals surface area contributed by atoms with Gasteiger partial charge in [0.1, 0.15) is 0 Å². The first-order valence-electron chi connectivity index (χ1n) is 5.33. The van der Waals surface area contributed by atoms with E-state index in [4.69, 9.17) is 21.0 Å². The predicted molar refractivity (Wildman–Crippen MR) is 50.9 cm³/mol. The van der Waals surface area contributed by atoms with Crippen LogP contribution in [0.2, 0.25) is 0 Å². The number of rotatable bonds is 4. The van der Waals surface area contributed by atoms with Crippen LogP contribution in [-0.4, -0.2) is 57.2 Å². The molecule has 4 aliphatic heterocycles. The molecule has 0 aliphatic carbocycles. The van der Waals surface area contributed by atoms with E-state index in [-0.39, 0.29) is 26.2 Å². The molecule has 4 rings (SSSR count). The van der Waals surface area contributed by atoms with Crippen LogP contribution in [0.3, 0.4) is 0 Å². The van der Waals surface area contributed by atoms with Crippen molar-refractivity contribution in [2.24, 2.45) is 0 Å². The van der Waals surface area contributed by atoms with E-state index in [1.165, 1.54) is 0 Å². The van der Waals surface area contributed by atoms with Gasteiger partial charge in [-0.15, -0.1) is 0 Å². The van der Waals surface area contributed by atoms with Crippen LogP contribution in [0.4, 0.5) is 0 Å². The second-order valence-electron chi connectivity index (χ2n) is 3.30. The summed E-state index contributed by atoms with van der Waals surface area (Å²) in [6.45, 7) is 0. The van der Waals surface area contributed by atoms with Crippen molar-refractivity contribution < 1.29 is 141 Å². The molecule has 4 aliphatic rings. The van der Waals surface area contributed by atoms with Gasteiger partial charge in [0.05, 0.1) is 0 Å². The molecule has 4 fully saturated rings. The molecular weight excluding hydrogens is 588 g/mol. The van der Waals surface area contributed by atoms with E-state index >= 15 is 0 Å². The minimum absolute atomic E-state index is 0. The maximum Gasteiger partial charge on any atom is 4.00 e. The van der Waals surface area contributed by atoms with Crippen LogP contribution in [0.15, 0.2) is 0 Å². The summed E-state index contributed by atoms with van der Waals surface area (Å²) in [6, 6.07) is 0. The molecule has 0 aromatic rings. The Bertz CT molecular complexity index is 323. The van der Waals surface area contributed by atoms with Crippen molar-refractivity contribution in [2.45, 2.75) is 0 Å². The van der Waals surface area contributed by atoms with E-state index in [1.807, 2.05) is 0 Å². The quantitative estimate of drug-likeness (QED) is 0.134. The summed E-state index contributed by atoms with van der Waals surface area (Å²) in [5.41, 5.74) is 0. The molecule has 29 heteroatoms. The van der Waals surface area contributed by atoms with Gasteiger partial charge in [0.2, 0.25) is 0 Å². The standard InChI is InChI=1S/4HO6Si.Zr/c4*1-3-7(2)5-4-6-7;/h4*1H;/q4*-1;+4. The van der Waals surface area contributed by atoms with Gasteiger partial charge in [-0.2, -0.15) is 0 Å². The molecule has 0 radical (unpaired) electrons. The summed E-state index contributed by atoms with van der Waals surface area (Å²) in [4.78, 5) is 40.1. The van der Waals surface area contributed by atoms with Gasteiger partial charge >= 0.3 is 62.4 Å². The first kappa shape index (κ1) is 29.8. The van der Waals surface area contributed by atoms with Gasteiger partial charge in [-0.05, 0) is 0 Å². The van der Waals surface area contributed by atoms with Crippen LogP contribution in [0, 0.1) is 0 Å². The Morgan fingerprint density at radius 3 is 0.552 bits per heavy atom. The van der Waals surface area contributed by atoms with Gasteiger partial charge in [0.15, 0.2) is 0 Å². The fourth-order valence-electron chi connectivity index (χ4n) is 0.480. The molecule has 0 unspecified atom stereocenters. The van der Waals surface area contributed by atoms with E-state index in [1.54, 1.807) is 0 Å². The van der Waals surface area contributed by atoms with E-state index in [0.717, 1.165) is 0 Å². The van der Waals surface area contributed by atoms with Crippen molar-refractivity contribution in [2.75, 3.05) is 0 Å². The Hall–Kier alpha value is 0.791. The van der Waals surface area contributed by atoms with Crippen LogP contribution >= 0.6 is 0 Å².